The van der Waals surface area contributed by atoms with Crippen molar-refractivity contribution in [2.45, 2.75) is 0 Å². The number of hydrazine groups is 1. The Balaban J connectivity index is 4.78. The zero-order valence-electron chi connectivity index (χ0n) is 4.95. The number of primary amides is 1. The maximum atomic E-state index is 10.1. The maximum absolute atomic E-state index is 10.1. The third-order valence-electron chi connectivity index (χ3n) is 0.599. The summed E-state index contributed by atoms with van der Waals surface area (Å²) in [5.41, 5.74) is 4.28. The van der Waals surface area contributed by atoms with Crippen LogP contribution in [0.25, 0.3) is 0 Å². The molecule has 0 spiro atoms. The van der Waals surface area contributed by atoms with Crippen LogP contribution in [0.1, 0.15) is 0 Å². The molecule has 10 heteroatoms. The highest BCUT2D eigenvalue weighted by Crippen LogP contribution is 2.39. The summed E-state index contributed by atoms with van der Waals surface area (Å²) in [5.74, 6) is 0. The Morgan fingerprint density at radius 1 is 1.64 bits per heavy atom. The third kappa shape index (κ3) is 2.50. The molecule has 0 aromatic rings. The summed E-state index contributed by atoms with van der Waals surface area (Å²) in [5, 5.41) is 8.15. The molecule has 0 aliphatic heterocycles. The average Bonchev–Trinajstić information content (AvgIpc) is 1.54. The van der Waals surface area contributed by atoms with Gasteiger partial charge in [0.05, 0.1) is 4.78 Å². The molecule has 0 aliphatic rings. The fourth-order valence-corrected chi connectivity index (χ4v) is 0.751. The Kier molecular flexibility index (Phi) is 2.52. The van der Waals surface area contributed by atoms with E-state index in [0.717, 1.165) is 0 Å². The van der Waals surface area contributed by atoms with Crippen molar-refractivity contribution in [1.82, 2.24) is 4.78 Å². The Morgan fingerprint density at radius 3 is 2.00 bits per heavy atom. The molecular weight excluding hydrogens is 181 g/mol. The predicted molar refractivity (Wildman–Crippen MR) is 30.5 cm³/mol. The first-order chi connectivity index (χ1) is 4.76. The van der Waals surface area contributed by atoms with Gasteiger partial charge in [-0.05, 0) is 0 Å². The summed E-state index contributed by atoms with van der Waals surface area (Å²) in [6.45, 7) is 0. The van der Waals surface area contributed by atoms with Gasteiger partial charge in [-0.15, -0.1) is 0 Å². The monoisotopic (exact) mass is 185 g/mol. The van der Waals surface area contributed by atoms with Gasteiger partial charge in [0.1, 0.15) is 0 Å². The molecule has 0 fully saturated rings. The van der Waals surface area contributed by atoms with Crippen LogP contribution in [0, 0.1) is 10.1 Å². The van der Waals surface area contributed by atoms with E-state index in [2.05, 4.69) is 5.73 Å². The lowest BCUT2D eigenvalue weighted by Gasteiger charge is -2.08. The van der Waals surface area contributed by atoms with Crippen LogP contribution in [0.4, 0.5) is 4.79 Å². The first-order valence-corrected chi connectivity index (χ1v) is 3.63. The molecule has 0 radical (unpaired) electrons. The first-order valence-electron chi connectivity index (χ1n) is 2.06. The van der Waals surface area contributed by atoms with Gasteiger partial charge in [-0.25, -0.2) is 19.5 Å². The van der Waals surface area contributed by atoms with Crippen molar-refractivity contribution in [2.75, 3.05) is 0 Å². The van der Waals surface area contributed by atoms with E-state index in [1.807, 2.05) is 0 Å². The fourth-order valence-electron chi connectivity index (χ4n) is 0.304. The molecule has 0 aromatic carbocycles. The van der Waals surface area contributed by atoms with Gasteiger partial charge in [-0.3, -0.25) is 0 Å². The third-order valence-corrected chi connectivity index (χ3v) is 1.44. The van der Waals surface area contributed by atoms with Crippen LogP contribution in [-0.4, -0.2) is 25.6 Å². The van der Waals surface area contributed by atoms with Crippen LogP contribution in [-0.2, 0) is 4.57 Å². The number of nitro groups is 1. The van der Waals surface area contributed by atoms with E-state index in [4.69, 9.17) is 9.79 Å². The molecule has 9 nitrogen and oxygen atoms in total. The average molecular weight is 185 g/mol. The van der Waals surface area contributed by atoms with Gasteiger partial charge in [0.15, 0.2) is 5.03 Å². The van der Waals surface area contributed by atoms with Crippen LogP contribution in [0.15, 0.2) is 0 Å². The van der Waals surface area contributed by atoms with E-state index >= 15 is 0 Å². The summed E-state index contributed by atoms with van der Waals surface area (Å²) >= 11 is 0. The normalized spacial score (nSPS) is 10.7. The number of carbonyl (C=O) groups is 1. The number of rotatable bonds is 2. The minimum Gasteiger partial charge on any atom is -0.347 e. The Labute approximate surface area is 59.7 Å². The molecule has 0 saturated carbocycles. The number of amides is 2. The summed E-state index contributed by atoms with van der Waals surface area (Å²) in [4.78, 5) is 36.0. The van der Waals surface area contributed by atoms with Crippen LogP contribution in [0.2, 0.25) is 0 Å². The summed E-state index contributed by atoms with van der Waals surface area (Å²) < 4.78 is 9.14. The molecule has 2 amide bonds. The van der Waals surface area contributed by atoms with Crippen molar-refractivity contribution in [2.24, 2.45) is 5.73 Å². The molecule has 0 bridgehead atoms. The highest BCUT2D eigenvalue weighted by Gasteiger charge is 2.40. The van der Waals surface area contributed by atoms with Crippen LogP contribution >= 0.6 is 7.75 Å². The van der Waals surface area contributed by atoms with E-state index in [-0.39, 0.29) is 0 Å². The van der Waals surface area contributed by atoms with Gasteiger partial charge in [0.25, 0.3) is 0 Å². The van der Waals surface area contributed by atoms with Gasteiger partial charge in [0.2, 0.25) is 0 Å². The number of nitrogens with zero attached hydrogens (tertiary/aromatic N) is 2. The molecule has 4 N–H and O–H groups in total. The molecule has 0 atom stereocenters. The van der Waals surface area contributed by atoms with Crippen LogP contribution in [0.5, 0.6) is 0 Å². The van der Waals surface area contributed by atoms with Gasteiger partial charge in [0, 0.05) is 0 Å². The van der Waals surface area contributed by atoms with Gasteiger partial charge < -0.3 is 15.5 Å². The highest BCUT2D eigenvalue weighted by atomic mass is 31.2. The fraction of sp³-hybridized carbons (Fsp3) is 0. The molecule has 64 valence electrons. The summed E-state index contributed by atoms with van der Waals surface area (Å²) in [7, 11) is -5.23. The molecule has 11 heavy (non-hydrogen) atoms. The van der Waals surface area contributed by atoms with E-state index in [1.54, 1.807) is 0 Å². The second-order valence-electron chi connectivity index (χ2n) is 1.38. The van der Waals surface area contributed by atoms with Crippen molar-refractivity contribution in [3.05, 3.63) is 10.1 Å². The molecule has 0 rings (SSSR count). The van der Waals surface area contributed by atoms with Gasteiger partial charge in [-0.2, -0.15) is 0 Å². The smallest absolute Gasteiger partial charge is 0.347 e. The molecular formula is CH4N3O6P. The van der Waals surface area contributed by atoms with Crippen LogP contribution in [0.3, 0.4) is 0 Å². The Hall–Kier alpha value is -1.18. The Morgan fingerprint density at radius 2 is 2.00 bits per heavy atom. The van der Waals surface area contributed by atoms with E-state index < -0.39 is 23.6 Å². The second-order valence-corrected chi connectivity index (χ2v) is 2.78. The second kappa shape index (κ2) is 2.82. The van der Waals surface area contributed by atoms with Gasteiger partial charge >= 0.3 is 13.8 Å². The molecule has 0 aliphatic carbocycles. The van der Waals surface area contributed by atoms with Crippen molar-refractivity contribution >= 4 is 13.8 Å². The zero-order valence-corrected chi connectivity index (χ0v) is 5.84. The largest absolute Gasteiger partial charge is 0.492 e. The zero-order chi connectivity index (χ0) is 9.23. The highest BCUT2D eigenvalue weighted by molar-refractivity contribution is 7.49. The standard InChI is InChI=1S/CH4N3O6P/c2-1(5)3(4(6)7)11(8,9)10/h(H2,2,5)(H2,8,9,10). The van der Waals surface area contributed by atoms with Crippen LogP contribution < -0.4 is 5.73 Å². The van der Waals surface area contributed by atoms with E-state index in [1.165, 1.54) is 0 Å². The number of nitrogens with two attached hydrogens (primary N) is 1. The van der Waals surface area contributed by atoms with Gasteiger partial charge in [-0.1, -0.05) is 0 Å². The lowest BCUT2D eigenvalue weighted by Crippen LogP contribution is -2.37. The predicted octanol–water partition coefficient (Wildman–Crippen LogP) is -1.35. The minimum absolute atomic E-state index is 0.951. The van der Waals surface area contributed by atoms with E-state index in [9.17, 15) is 19.5 Å². The van der Waals surface area contributed by atoms with Crippen molar-refractivity contribution < 1.29 is 24.2 Å². The van der Waals surface area contributed by atoms with Crippen molar-refractivity contribution in [3.8, 4) is 0 Å². The molecule has 0 saturated heterocycles. The lowest BCUT2D eigenvalue weighted by molar-refractivity contribution is -0.603. The molecule has 0 unspecified atom stereocenters. The Bertz CT molecular complexity index is 216. The first kappa shape index (κ1) is 9.82. The minimum atomic E-state index is -5.23. The number of hydrogen-bond donors (Lipinski definition) is 3. The maximum Gasteiger partial charge on any atom is 0.492 e. The quantitative estimate of drug-likeness (QED) is 0.275. The topological polar surface area (TPSA) is 147 Å². The van der Waals surface area contributed by atoms with E-state index in [0.29, 0.717) is 0 Å². The summed E-state index contributed by atoms with van der Waals surface area (Å²) in [6, 6.07) is -1.82. The number of urea groups is 1. The SMILES string of the molecule is NC(=O)N([N+](=O)[O-])P(=O)(O)O. The lowest BCUT2D eigenvalue weighted by atomic mass is 11.1. The number of hydrogen-bond acceptors (Lipinski definition) is 4. The summed E-state index contributed by atoms with van der Waals surface area (Å²) in [6.07, 6.45) is 0. The molecule has 0 aromatic heterocycles. The van der Waals surface area contributed by atoms with Crippen molar-refractivity contribution in [1.29, 1.82) is 0 Å². The number of carbonyl (C=O) groups excluding carboxylic acids is 1. The molecule has 0 heterocycles. The van der Waals surface area contributed by atoms with Crippen molar-refractivity contribution in [3.63, 3.8) is 0 Å².